The van der Waals surface area contributed by atoms with Crippen LogP contribution < -0.4 is 0 Å². The first-order valence-corrected chi connectivity index (χ1v) is 11.0. The molecule has 0 spiro atoms. The minimum absolute atomic E-state index is 0.0411. The normalized spacial score (nSPS) is 11.6. The maximum absolute atomic E-state index is 12.8. The summed E-state index contributed by atoms with van der Waals surface area (Å²) in [6, 6.07) is 11.5. The van der Waals surface area contributed by atoms with Crippen LogP contribution >= 0.6 is 0 Å². The molecule has 0 saturated carbocycles. The van der Waals surface area contributed by atoms with Gasteiger partial charge in [-0.2, -0.15) is 0 Å². The molecule has 1 aromatic heterocycles. The fourth-order valence-electron chi connectivity index (χ4n) is 3.27. The maximum atomic E-state index is 12.8. The zero-order chi connectivity index (χ0) is 23.5. The highest BCUT2D eigenvalue weighted by atomic mass is 32.2. The highest BCUT2D eigenvalue weighted by Gasteiger charge is 2.22. The predicted molar refractivity (Wildman–Crippen MR) is 116 cm³/mol. The number of nitro benzene ring substituents is 1. The number of benzene rings is 2. The molecule has 0 saturated heterocycles. The van der Waals surface area contributed by atoms with E-state index in [2.05, 4.69) is 0 Å². The van der Waals surface area contributed by atoms with Crippen LogP contribution in [0, 0.1) is 10.1 Å². The number of sulfonamides is 1. The van der Waals surface area contributed by atoms with Crippen LogP contribution in [0.3, 0.4) is 0 Å². The minimum atomic E-state index is -3.86. The molecular formula is C21H21N3O7S. The van der Waals surface area contributed by atoms with Gasteiger partial charge < -0.3 is 4.74 Å². The number of aromatic nitrogens is 1. The van der Waals surface area contributed by atoms with Gasteiger partial charge in [0.25, 0.3) is 5.69 Å². The molecule has 0 aliphatic rings. The van der Waals surface area contributed by atoms with Crippen molar-refractivity contribution < 1.29 is 27.7 Å². The van der Waals surface area contributed by atoms with E-state index in [-0.39, 0.29) is 41.4 Å². The SMILES string of the molecule is COC(=O)c1cn(C(=O)CCCN(C)S(=O)(=O)c2ccc([N+](=O)[O-])cc2)c2ccccc12. The lowest BCUT2D eigenvalue weighted by molar-refractivity contribution is -0.384. The van der Waals surface area contributed by atoms with Crippen molar-refractivity contribution in [3.63, 3.8) is 0 Å². The number of non-ortho nitro benzene ring substituents is 1. The highest BCUT2D eigenvalue weighted by molar-refractivity contribution is 7.89. The summed E-state index contributed by atoms with van der Waals surface area (Å²) in [6.45, 7) is 0.0636. The fraction of sp³-hybridized carbons (Fsp3) is 0.238. The van der Waals surface area contributed by atoms with Crippen LogP contribution in [0.15, 0.2) is 59.6 Å². The maximum Gasteiger partial charge on any atom is 0.340 e. The Hall–Kier alpha value is -3.57. The molecule has 2 aromatic carbocycles. The summed E-state index contributed by atoms with van der Waals surface area (Å²) >= 11 is 0. The Kier molecular flexibility index (Phi) is 6.70. The number of fused-ring (bicyclic) bond motifs is 1. The second-order valence-electron chi connectivity index (χ2n) is 7.00. The van der Waals surface area contributed by atoms with Crippen molar-refractivity contribution in [1.82, 2.24) is 8.87 Å². The Morgan fingerprint density at radius 1 is 1.12 bits per heavy atom. The van der Waals surface area contributed by atoms with E-state index in [0.717, 1.165) is 16.4 Å². The topological polar surface area (TPSA) is 129 Å². The van der Waals surface area contributed by atoms with Gasteiger partial charge in [-0.15, -0.1) is 0 Å². The molecule has 0 aliphatic carbocycles. The van der Waals surface area contributed by atoms with Gasteiger partial charge >= 0.3 is 5.97 Å². The Balaban J connectivity index is 1.69. The smallest absolute Gasteiger partial charge is 0.340 e. The van der Waals surface area contributed by atoms with Crippen molar-refractivity contribution in [1.29, 1.82) is 0 Å². The van der Waals surface area contributed by atoms with E-state index >= 15 is 0 Å². The molecule has 0 unspecified atom stereocenters. The van der Waals surface area contributed by atoms with Crippen molar-refractivity contribution in [2.24, 2.45) is 0 Å². The predicted octanol–water partition coefficient (Wildman–Crippen LogP) is 3.08. The third-order valence-electron chi connectivity index (χ3n) is 5.01. The molecule has 10 nitrogen and oxygen atoms in total. The molecule has 168 valence electrons. The van der Waals surface area contributed by atoms with Gasteiger partial charge in [0.2, 0.25) is 15.9 Å². The number of nitrogens with zero attached hydrogens (tertiary/aromatic N) is 3. The van der Waals surface area contributed by atoms with Gasteiger partial charge in [-0.3, -0.25) is 19.5 Å². The van der Waals surface area contributed by atoms with Crippen LogP contribution in [-0.2, 0) is 14.8 Å². The quantitative estimate of drug-likeness (QED) is 0.287. The molecule has 0 atom stereocenters. The zero-order valence-electron chi connectivity index (χ0n) is 17.4. The summed E-state index contributed by atoms with van der Waals surface area (Å²) < 4.78 is 32.6. The van der Waals surface area contributed by atoms with Crippen LogP contribution in [0.4, 0.5) is 5.69 Å². The molecule has 0 N–H and O–H groups in total. The molecule has 1 heterocycles. The monoisotopic (exact) mass is 459 g/mol. The molecule has 3 aromatic rings. The van der Waals surface area contributed by atoms with Gasteiger partial charge in [0.1, 0.15) is 0 Å². The van der Waals surface area contributed by atoms with Crippen molar-refractivity contribution in [3.05, 3.63) is 70.4 Å². The lowest BCUT2D eigenvalue weighted by atomic mass is 10.2. The molecule has 0 amide bonds. The van der Waals surface area contributed by atoms with Crippen molar-refractivity contribution in [2.75, 3.05) is 20.7 Å². The number of carbonyl (C=O) groups excluding carboxylic acids is 2. The van der Waals surface area contributed by atoms with Gasteiger partial charge in [0.05, 0.1) is 28.0 Å². The average molecular weight is 459 g/mol. The first-order chi connectivity index (χ1) is 15.2. The van der Waals surface area contributed by atoms with Gasteiger partial charge in [-0.05, 0) is 24.6 Å². The molecular weight excluding hydrogens is 438 g/mol. The van der Waals surface area contributed by atoms with E-state index < -0.39 is 20.9 Å². The highest BCUT2D eigenvalue weighted by Crippen LogP contribution is 2.23. The molecule has 0 bridgehead atoms. The lowest BCUT2D eigenvalue weighted by Gasteiger charge is -2.17. The van der Waals surface area contributed by atoms with Crippen LogP contribution in [0.2, 0.25) is 0 Å². The van der Waals surface area contributed by atoms with Crippen LogP contribution in [0.5, 0.6) is 0 Å². The number of hydrogen-bond donors (Lipinski definition) is 0. The standard InChI is InChI=1S/C21H21N3O7S/c1-22(32(29,30)16-11-9-15(10-12-16)24(27)28)13-5-8-20(25)23-14-18(21(26)31-2)17-6-3-4-7-19(17)23/h3-4,6-7,9-12,14H,5,8,13H2,1-2H3. The Bertz CT molecular complexity index is 1280. The van der Waals surface area contributed by atoms with Gasteiger partial charge in [-0.25, -0.2) is 17.5 Å². The van der Waals surface area contributed by atoms with E-state index in [9.17, 15) is 28.1 Å². The summed E-state index contributed by atoms with van der Waals surface area (Å²) in [7, 11) is -1.22. The summed E-state index contributed by atoms with van der Waals surface area (Å²) in [4.78, 5) is 34.8. The second-order valence-corrected chi connectivity index (χ2v) is 9.04. The number of nitro groups is 1. The van der Waals surface area contributed by atoms with E-state index in [1.165, 1.54) is 37.1 Å². The number of carbonyl (C=O) groups is 2. The lowest BCUT2D eigenvalue weighted by Crippen LogP contribution is -2.28. The van der Waals surface area contributed by atoms with Gasteiger partial charge in [0.15, 0.2) is 0 Å². The number of methoxy groups -OCH3 is 1. The summed E-state index contributed by atoms with van der Waals surface area (Å²) in [5.41, 5.74) is 0.626. The number of para-hydroxylation sites is 1. The van der Waals surface area contributed by atoms with Crippen LogP contribution in [0.25, 0.3) is 10.9 Å². The molecule has 0 radical (unpaired) electrons. The summed E-state index contributed by atoms with van der Waals surface area (Å²) in [5, 5.41) is 11.3. The average Bonchev–Trinajstić information content (AvgIpc) is 3.18. The minimum Gasteiger partial charge on any atom is -0.465 e. The molecule has 32 heavy (non-hydrogen) atoms. The van der Waals surface area contributed by atoms with Gasteiger partial charge in [-0.1, -0.05) is 18.2 Å². The Morgan fingerprint density at radius 3 is 2.41 bits per heavy atom. The summed E-state index contributed by atoms with van der Waals surface area (Å²) in [5.74, 6) is -0.848. The molecule has 3 rings (SSSR count). The van der Waals surface area contributed by atoms with Crippen LogP contribution in [-0.4, -0.2) is 54.8 Å². The summed E-state index contributed by atoms with van der Waals surface area (Å²) in [6.07, 6.45) is 1.71. The van der Waals surface area contributed by atoms with Crippen molar-refractivity contribution in [3.8, 4) is 0 Å². The first-order valence-electron chi connectivity index (χ1n) is 9.59. The number of ether oxygens (including phenoxy) is 1. The third-order valence-corrected chi connectivity index (χ3v) is 6.88. The van der Waals surface area contributed by atoms with E-state index in [0.29, 0.717) is 10.9 Å². The van der Waals surface area contributed by atoms with Crippen molar-refractivity contribution in [2.45, 2.75) is 17.7 Å². The Labute approximate surface area is 184 Å². The largest absolute Gasteiger partial charge is 0.465 e. The molecule has 0 aliphatic heterocycles. The number of rotatable bonds is 8. The molecule has 11 heteroatoms. The van der Waals surface area contributed by atoms with Crippen LogP contribution in [0.1, 0.15) is 28.0 Å². The third kappa shape index (κ3) is 4.53. The second kappa shape index (κ2) is 9.28. The van der Waals surface area contributed by atoms with E-state index in [1.807, 2.05) is 0 Å². The first kappa shape index (κ1) is 23.1. The van der Waals surface area contributed by atoms with Crippen molar-refractivity contribution >= 4 is 38.5 Å². The number of esters is 1. The fourth-order valence-corrected chi connectivity index (χ4v) is 4.48. The van der Waals surface area contributed by atoms with E-state index in [1.54, 1.807) is 24.3 Å². The zero-order valence-corrected chi connectivity index (χ0v) is 18.2. The van der Waals surface area contributed by atoms with Gasteiger partial charge in [0, 0.05) is 43.7 Å². The molecule has 0 fully saturated rings. The van der Waals surface area contributed by atoms with E-state index in [4.69, 9.17) is 4.74 Å². The number of hydrogen-bond acceptors (Lipinski definition) is 7. The Morgan fingerprint density at radius 2 is 1.78 bits per heavy atom.